The van der Waals surface area contributed by atoms with Gasteiger partial charge in [-0.3, -0.25) is 4.72 Å². The van der Waals surface area contributed by atoms with Gasteiger partial charge in [0.1, 0.15) is 0 Å². The van der Waals surface area contributed by atoms with Crippen molar-refractivity contribution in [3.8, 4) is 0 Å². The predicted molar refractivity (Wildman–Crippen MR) is 78.8 cm³/mol. The lowest BCUT2D eigenvalue weighted by molar-refractivity contribution is 0.601. The monoisotopic (exact) mass is 296 g/mol. The number of rotatable bonds is 5. The van der Waals surface area contributed by atoms with Gasteiger partial charge >= 0.3 is 0 Å². The minimum Gasteiger partial charge on any atom is -0.326 e. The third-order valence-electron chi connectivity index (χ3n) is 2.86. The first kappa shape index (κ1) is 14.0. The zero-order chi connectivity index (χ0) is 13.9. The van der Waals surface area contributed by atoms with Crippen LogP contribution < -0.4 is 10.5 Å². The molecule has 0 saturated carbocycles. The van der Waals surface area contributed by atoms with Crippen molar-refractivity contribution in [2.45, 2.75) is 24.8 Å². The molecule has 0 spiro atoms. The molecule has 4 nitrogen and oxygen atoms in total. The van der Waals surface area contributed by atoms with Crippen molar-refractivity contribution in [2.75, 3.05) is 4.72 Å². The fourth-order valence-electron chi connectivity index (χ4n) is 1.84. The van der Waals surface area contributed by atoms with Gasteiger partial charge in [-0.2, -0.15) is 11.3 Å². The van der Waals surface area contributed by atoms with E-state index in [4.69, 9.17) is 5.73 Å². The molecule has 102 valence electrons. The van der Waals surface area contributed by atoms with Gasteiger partial charge in [-0.05, 0) is 41.1 Å². The lowest BCUT2D eigenvalue weighted by Gasteiger charge is -2.10. The van der Waals surface area contributed by atoms with E-state index in [1.165, 1.54) is 11.3 Å². The van der Waals surface area contributed by atoms with Crippen LogP contribution in [-0.4, -0.2) is 8.42 Å². The zero-order valence-corrected chi connectivity index (χ0v) is 12.2. The maximum absolute atomic E-state index is 12.2. The van der Waals surface area contributed by atoms with Crippen molar-refractivity contribution in [3.63, 3.8) is 0 Å². The Morgan fingerprint density at radius 3 is 2.63 bits per heavy atom. The first-order valence-corrected chi connectivity index (χ1v) is 8.36. The van der Waals surface area contributed by atoms with Crippen molar-refractivity contribution < 1.29 is 8.42 Å². The summed E-state index contributed by atoms with van der Waals surface area (Å²) >= 11 is 1.44. The molecule has 1 aromatic heterocycles. The van der Waals surface area contributed by atoms with E-state index in [0.717, 1.165) is 17.5 Å². The second kappa shape index (κ2) is 5.73. The van der Waals surface area contributed by atoms with Gasteiger partial charge in [0.2, 0.25) is 0 Å². The van der Waals surface area contributed by atoms with Gasteiger partial charge in [0.25, 0.3) is 10.0 Å². The van der Waals surface area contributed by atoms with Gasteiger partial charge in [0, 0.05) is 11.9 Å². The number of hydrogen-bond acceptors (Lipinski definition) is 4. The molecule has 0 amide bonds. The van der Waals surface area contributed by atoms with Crippen LogP contribution >= 0.6 is 11.3 Å². The molecule has 2 aromatic rings. The number of thiophene rings is 1. The van der Waals surface area contributed by atoms with Crippen molar-refractivity contribution in [2.24, 2.45) is 5.73 Å². The van der Waals surface area contributed by atoms with Gasteiger partial charge in [-0.25, -0.2) is 8.42 Å². The van der Waals surface area contributed by atoms with Crippen molar-refractivity contribution in [1.29, 1.82) is 0 Å². The van der Waals surface area contributed by atoms with E-state index in [0.29, 0.717) is 12.2 Å². The van der Waals surface area contributed by atoms with Crippen LogP contribution in [0.3, 0.4) is 0 Å². The molecule has 1 aromatic carbocycles. The summed E-state index contributed by atoms with van der Waals surface area (Å²) in [4.78, 5) is 0.247. The number of aryl methyl sites for hydroxylation is 1. The molecule has 0 fully saturated rings. The SMILES string of the molecule is CCc1ccc(S(=O)(=O)Nc2ccsc2)cc1CN. The maximum Gasteiger partial charge on any atom is 0.261 e. The van der Waals surface area contributed by atoms with Crippen LogP contribution in [0, 0.1) is 0 Å². The predicted octanol–water partition coefficient (Wildman–Crippen LogP) is 2.57. The molecule has 0 aliphatic heterocycles. The third kappa shape index (κ3) is 3.15. The van der Waals surface area contributed by atoms with E-state index >= 15 is 0 Å². The van der Waals surface area contributed by atoms with Crippen molar-refractivity contribution >= 4 is 27.0 Å². The number of anilines is 1. The molecule has 3 N–H and O–H groups in total. The highest BCUT2D eigenvalue weighted by Gasteiger charge is 2.15. The van der Waals surface area contributed by atoms with Gasteiger partial charge in [0.15, 0.2) is 0 Å². The summed E-state index contributed by atoms with van der Waals surface area (Å²) in [5.74, 6) is 0. The summed E-state index contributed by atoms with van der Waals surface area (Å²) < 4.78 is 27.0. The van der Waals surface area contributed by atoms with Crippen LogP contribution in [0.5, 0.6) is 0 Å². The summed E-state index contributed by atoms with van der Waals surface area (Å²) in [5, 5.41) is 3.57. The topological polar surface area (TPSA) is 72.2 Å². The minimum atomic E-state index is -3.54. The second-order valence-electron chi connectivity index (χ2n) is 4.11. The highest BCUT2D eigenvalue weighted by atomic mass is 32.2. The molecule has 0 aliphatic rings. The number of nitrogens with one attached hydrogen (secondary N) is 1. The average Bonchev–Trinajstić information content (AvgIpc) is 2.89. The smallest absolute Gasteiger partial charge is 0.261 e. The van der Waals surface area contributed by atoms with Crippen LogP contribution in [0.25, 0.3) is 0 Å². The molecule has 0 unspecified atom stereocenters. The molecular weight excluding hydrogens is 280 g/mol. The van der Waals surface area contributed by atoms with Crippen LogP contribution in [0.1, 0.15) is 18.1 Å². The standard InChI is InChI=1S/C13H16N2O2S2/c1-2-10-3-4-13(7-11(10)8-14)19(16,17)15-12-5-6-18-9-12/h3-7,9,15H,2,8,14H2,1H3. The molecule has 6 heteroatoms. The summed E-state index contributed by atoms with van der Waals surface area (Å²) in [7, 11) is -3.54. The fraction of sp³-hybridized carbons (Fsp3) is 0.231. The Morgan fingerprint density at radius 1 is 1.26 bits per heavy atom. The Labute approximate surface area is 117 Å². The van der Waals surface area contributed by atoms with Gasteiger partial charge in [0.05, 0.1) is 10.6 Å². The van der Waals surface area contributed by atoms with Gasteiger partial charge in [-0.1, -0.05) is 13.0 Å². The lowest BCUT2D eigenvalue weighted by atomic mass is 10.1. The third-order valence-corrected chi connectivity index (χ3v) is 4.92. The Bertz CT molecular complexity index is 649. The van der Waals surface area contributed by atoms with Gasteiger partial charge < -0.3 is 5.73 Å². The first-order valence-electron chi connectivity index (χ1n) is 5.93. The van der Waals surface area contributed by atoms with E-state index < -0.39 is 10.0 Å². The highest BCUT2D eigenvalue weighted by Crippen LogP contribution is 2.21. The van der Waals surface area contributed by atoms with E-state index in [2.05, 4.69) is 4.72 Å². The molecule has 2 rings (SSSR count). The average molecular weight is 296 g/mol. The zero-order valence-electron chi connectivity index (χ0n) is 10.6. The number of sulfonamides is 1. The maximum atomic E-state index is 12.2. The fourth-order valence-corrected chi connectivity index (χ4v) is 3.60. The Morgan fingerprint density at radius 2 is 2.05 bits per heavy atom. The number of nitrogens with two attached hydrogens (primary N) is 1. The lowest BCUT2D eigenvalue weighted by Crippen LogP contribution is -2.13. The summed E-state index contributed by atoms with van der Waals surface area (Å²) in [6.45, 7) is 2.36. The molecule has 19 heavy (non-hydrogen) atoms. The quantitative estimate of drug-likeness (QED) is 0.890. The Kier molecular flexibility index (Phi) is 4.24. The molecule has 0 saturated heterocycles. The Balaban J connectivity index is 2.35. The largest absolute Gasteiger partial charge is 0.326 e. The summed E-state index contributed by atoms with van der Waals surface area (Å²) in [6, 6.07) is 6.82. The molecule has 0 aliphatic carbocycles. The number of hydrogen-bond donors (Lipinski definition) is 2. The van der Waals surface area contributed by atoms with E-state index in [1.54, 1.807) is 23.6 Å². The van der Waals surface area contributed by atoms with Gasteiger partial charge in [-0.15, -0.1) is 0 Å². The highest BCUT2D eigenvalue weighted by molar-refractivity contribution is 7.92. The molecular formula is C13H16N2O2S2. The number of benzene rings is 1. The summed E-state index contributed by atoms with van der Waals surface area (Å²) in [5.41, 5.74) is 8.19. The van der Waals surface area contributed by atoms with Crippen LogP contribution in [0.2, 0.25) is 0 Å². The van der Waals surface area contributed by atoms with Crippen LogP contribution in [0.4, 0.5) is 5.69 Å². The molecule has 0 atom stereocenters. The summed E-state index contributed by atoms with van der Waals surface area (Å²) in [6.07, 6.45) is 0.838. The molecule has 1 heterocycles. The van der Waals surface area contributed by atoms with E-state index in [-0.39, 0.29) is 4.90 Å². The second-order valence-corrected chi connectivity index (χ2v) is 6.57. The van der Waals surface area contributed by atoms with E-state index in [9.17, 15) is 8.42 Å². The minimum absolute atomic E-state index is 0.247. The van der Waals surface area contributed by atoms with E-state index in [1.807, 2.05) is 18.4 Å². The Hall–Kier alpha value is -1.37. The van der Waals surface area contributed by atoms with Crippen molar-refractivity contribution in [1.82, 2.24) is 0 Å². The van der Waals surface area contributed by atoms with Crippen LogP contribution in [-0.2, 0) is 23.0 Å². The molecule has 0 radical (unpaired) electrons. The van der Waals surface area contributed by atoms with Crippen molar-refractivity contribution in [3.05, 3.63) is 46.2 Å². The molecule has 0 bridgehead atoms. The van der Waals surface area contributed by atoms with Crippen LogP contribution in [0.15, 0.2) is 39.9 Å². The normalized spacial score (nSPS) is 11.5. The first-order chi connectivity index (χ1) is 9.06.